The fraction of sp³-hybridized carbons (Fsp3) is 0.538. The van der Waals surface area contributed by atoms with Gasteiger partial charge in [-0.1, -0.05) is 0 Å². The third-order valence-corrected chi connectivity index (χ3v) is 2.66. The van der Waals surface area contributed by atoms with Gasteiger partial charge in [0.15, 0.2) is 5.69 Å². The van der Waals surface area contributed by atoms with Crippen molar-refractivity contribution in [3.05, 3.63) is 17.8 Å². The highest BCUT2D eigenvalue weighted by Gasteiger charge is 2.08. The van der Waals surface area contributed by atoms with Crippen molar-refractivity contribution < 1.29 is 14.7 Å². The van der Waals surface area contributed by atoms with Gasteiger partial charge in [-0.05, 0) is 38.8 Å². The van der Waals surface area contributed by atoms with Crippen LogP contribution >= 0.6 is 0 Å². The summed E-state index contributed by atoms with van der Waals surface area (Å²) in [6.07, 6.45) is 1.49. The molecule has 1 aromatic rings. The van der Waals surface area contributed by atoms with E-state index in [0.29, 0.717) is 18.8 Å². The van der Waals surface area contributed by atoms with Gasteiger partial charge in [0.25, 0.3) is 5.91 Å². The van der Waals surface area contributed by atoms with E-state index in [0.717, 1.165) is 6.42 Å². The predicted octanol–water partition coefficient (Wildman–Crippen LogP) is 1.28. The molecule has 1 amide bonds. The second kappa shape index (κ2) is 8.08. The maximum atomic E-state index is 11.5. The lowest BCUT2D eigenvalue weighted by Crippen LogP contribution is -2.24. The minimum absolute atomic E-state index is 0.0963. The summed E-state index contributed by atoms with van der Waals surface area (Å²) in [5.41, 5.74) is 0.274. The highest BCUT2D eigenvalue weighted by Crippen LogP contribution is 2.08. The number of hydrogen-bond acceptors (Lipinski definition) is 5. The van der Waals surface area contributed by atoms with Gasteiger partial charge in [0, 0.05) is 19.0 Å². The number of anilines is 1. The minimum atomic E-state index is -0.789. The smallest absolute Gasteiger partial charge is 0.303 e. The molecule has 0 aliphatic carbocycles. The van der Waals surface area contributed by atoms with Crippen molar-refractivity contribution in [1.29, 1.82) is 0 Å². The molecule has 0 aliphatic rings. The minimum Gasteiger partial charge on any atom is -0.481 e. The maximum Gasteiger partial charge on any atom is 0.303 e. The van der Waals surface area contributed by atoms with Crippen LogP contribution in [0.15, 0.2) is 12.1 Å². The molecule has 0 aromatic carbocycles. The van der Waals surface area contributed by atoms with E-state index in [4.69, 9.17) is 5.11 Å². The molecule has 0 saturated heterocycles. The average molecular weight is 280 g/mol. The van der Waals surface area contributed by atoms with Gasteiger partial charge in [0.1, 0.15) is 5.82 Å². The number of aromatic nitrogens is 2. The first-order valence-electron chi connectivity index (χ1n) is 6.63. The van der Waals surface area contributed by atoms with Crippen LogP contribution in [0.2, 0.25) is 0 Å². The molecule has 0 radical (unpaired) electrons. The SMILES string of the molecule is CCNC(=O)c1ccc(NC(C)CCCC(=O)O)nn1. The van der Waals surface area contributed by atoms with Crippen LogP contribution in [0.1, 0.15) is 43.6 Å². The molecule has 0 saturated carbocycles. The Bertz CT molecular complexity index is 447. The number of nitrogens with one attached hydrogen (secondary N) is 2. The van der Waals surface area contributed by atoms with Crippen molar-refractivity contribution in [1.82, 2.24) is 15.5 Å². The standard InChI is InChI=1S/C13H20N4O3/c1-3-14-13(20)10-7-8-11(17-16-10)15-9(2)5-4-6-12(18)19/h7-9H,3-6H2,1-2H3,(H,14,20)(H,15,17)(H,18,19). The van der Waals surface area contributed by atoms with Gasteiger partial charge in [0.05, 0.1) is 0 Å². The van der Waals surface area contributed by atoms with Crippen LogP contribution in [0.25, 0.3) is 0 Å². The molecular weight excluding hydrogens is 260 g/mol. The molecule has 3 N–H and O–H groups in total. The van der Waals surface area contributed by atoms with Crippen LogP contribution < -0.4 is 10.6 Å². The zero-order valence-corrected chi connectivity index (χ0v) is 11.7. The number of aliphatic carboxylic acids is 1. The molecule has 110 valence electrons. The lowest BCUT2D eigenvalue weighted by atomic mass is 10.1. The molecule has 0 aliphatic heterocycles. The molecule has 1 heterocycles. The highest BCUT2D eigenvalue weighted by molar-refractivity contribution is 5.92. The second-order valence-electron chi connectivity index (χ2n) is 4.49. The fourth-order valence-electron chi connectivity index (χ4n) is 1.67. The molecule has 1 unspecified atom stereocenters. The van der Waals surface area contributed by atoms with Crippen molar-refractivity contribution in [2.24, 2.45) is 0 Å². The Morgan fingerprint density at radius 3 is 2.65 bits per heavy atom. The van der Waals surface area contributed by atoms with E-state index in [1.807, 2.05) is 13.8 Å². The number of hydrogen-bond donors (Lipinski definition) is 3. The third kappa shape index (κ3) is 5.64. The lowest BCUT2D eigenvalue weighted by molar-refractivity contribution is -0.137. The number of carboxylic acids is 1. The Hall–Kier alpha value is -2.18. The Balaban J connectivity index is 2.44. The number of amides is 1. The number of carbonyl (C=O) groups is 2. The summed E-state index contributed by atoms with van der Waals surface area (Å²) in [6, 6.07) is 3.38. The quantitative estimate of drug-likeness (QED) is 0.662. The Morgan fingerprint density at radius 1 is 1.35 bits per heavy atom. The van der Waals surface area contributed by atoms with Crippen molar-refractivity contribution in [3.8, 4) is 0 Å². The largest absolute Gasteiger partial charge is 0.481 e. The first-order valence-corrected chi connectivity index (χ1v) is 6.63. The summed E-state index contributed by atoms with van der Waals surface area (Å²) < 4.78 is 0. The van der Waals surface area contributed by atoms with Gasteiger partial charge in [-0.15, -0.1) is 10.2 Å². The number of rotatable bonds is 8. The molecule has 1 aromatic heterocycles. The van der Waals surface area contributed by atoms with E-state index in [1.54, 1.807) is 12.1 Å². The lowest BCUT2D eigenvalue weighted by Gasteiger charge is -2.13. The van der Waals surface area contributed by atoms with E-state index in [-0.39, 0.29) is 24.1 Å². The van der Waals surface area contributed by atoms with Crippen LogP contribution in [0, 0.1) is 0 Å². The van der Waals surface area contributed by atoms with Crippen molar-refractivity contribution >= 4 is 17.7 Å². The number of carboxylic acid groups (broad SMARTS) is 1. The normalized spacial score (nSPS) is 11.7. The zero-order chi connectivity index (χ0) is 15.0. The van der Waals surface area contributed by atoms with Crippen molar-refractivity contribution in [3.63, 3.8) is 0 Å². The monoisotopic (exact) mass is 280 g/mol. The first-order chi connectivity index (χ1) is 9.52. The van der Waals surface area contributed by atoms with Gasteiger partial charge in [-0.3, -0.25) is 9.59 Å². The third-order valence-electron chi connectivity index (χ3n) is 2.66. The van der Waals surface area contributed by atoms with Gasteiger partial charge < -0.3 is 15.7 Å². The Kier molecular flexibility index (Phi) is 6.42. The van der Waals surface area contributed by atoms with Crippen LogP contribution in [0.4, 0.5) is 5.82 Å². The Labute approximate surface area is 117 Å². The predicted molar refractivity (Wildman–Crippen MR) is 74.6 cm³/mol. The van der Waals surface area contributed by atoms with Gasteiger partial charge >= 0.3 is 5.97 Å². The first kappa shape index (κ1) is 15.9. The van der Waals surface area contributed by atoms with Crippen molar-refractivity contribution in [2.45, 2.75) is 39.2 Å². The molecule has 0 spiro atoms. The second-order valence-corrected chi connectivity index (χ2v) is 4.49. The molecule has 0 bridgehead atoms. The highest BCUT2D eigenvalue weighted by atomic mass is 16.4. The molecular formula is C13H20N4O3. The maximum absolute atomic E-state index is 11.5. The summed E-state index contributed by atoms with van der Waals surface area (Å²) in [5, 5.41) is 22.1. The van der Waals surface area contributed by atoms with E-state index >= 15 is 0 Å². The molecule has 7 nitrogen and oxygen atoms in total. The van der Waals surface area contributed by atoms with E-state index in [9.17, 15) is 9.59 Å². The summed E-state index contributed by atoms with van der Waals surface area (Å²) in [7, 11) is 0. The summed E-state index contributed by atoms with van der Waals surface area (Å²) in [5.74, 6) is -0.467. The summed E-state index contributed by atoms with van der Waals surface area (Å²) in [4.78, 5) is 21.9. The van der Waals surface area contributed by atoms with Gasteiger partial charge in [-0.25, -0.2) is 0 Å². The number of carbonyl (C=O) groups excluding carboxylic acids is 1. The molecule has 1 atom stereocenters. The summed E-state index contributed by atoms with van der Waals surface area (Å²) in [6.45, 7) is 4.32. The average Bonchev–Trinajstić information content (AvgIpc) is 2.39. The van der Waals surface area contributed by atoms with Crippen LogP contribution in [0.5, 0.6) is 0 Å². The molecule has 20 heavy (non-hydrogen) atoms. The number of nitrogens with zero attached hydrogens (tertiary/aromatic N) is 2. The fourth-order valence-corrected chi connectivity index (χ4v) is 1.67. The molecule has 0 fully saturated rings. The van der Waals surface area contributed by atoms with Crippen LogP contribution in [-0.4, -0.2) is 39.8 Å². The van der Waals surface area contributed by atoms with E-state index < -0.39 is 5.97 Å². The topological polar surface area (TPSA) is 104 Å². The van der Waals surface area contributed by atoms with Crippen molar-refractivity contribution in [2.75, 3.05) is 11.9 Å². The molecule has 7 heteroatoms. The summed E-state index contributed by atoms with van der Waals surface area (Å²) >= 11 is 0. The van der Waals surface area contributed by atoms with Crippen LogP contribution in [0.3, 0.4) is 0 Å². The van der Waals surface area contributed by atoms with Crippen LogP contribution in [-0.2, 0) is 4.79 Å². The van der Waals surface area contributed by atoms with Gasteiger partial charge in [-0.2, -0.15) is 0 Å². The molecule has 1 rings (SSSR count). The Morgan fingerprint density at radius 2 is 2.10 bits per heavy atom. The van der Waals surface area contributed by atoms with E-state index in [2.05, 4.69) is 20.8 Å². The van der Waals surface area contributed by atoms with Gasteiger partial charge in [0.2, 0.25) is 0 Å². The van der Waals surface area contributed by atoms with E-state index in [1.165, 1.54) is 0 Å². The zero-order valence-electron chi connectivity index (χ0n) is 11.7.